The van der Waals surface area contributed by atoms with E-state index < -0.39 is 4.92 Å². The molecule has 164 valence electrons. The average Bonchev–Trinajstić information content (AvgIpc) is 2.79. The third-order valence-corrected chi connectivity index (χ3v) is 5.35. The molecule has 0 saturated carbocycles. The van der Waals surface area contributed by atoms with Crippen LogP contribution >= 0.6 is 11.6 Å². The number of halogens is 1. The summed E-state index contributed by atoms with van der Waals surface area (Å²) in [5, 5.41) is 11.4. The zero-order chi connectivity index (χ0) is 22.5. The molecule has 1 heterocycles. The van der Waals surface area contributed by atoms with Gasteiger partial charge in [0.15, 0.2) is 17.6 Å². The summed E-state index contributed by atoms with van der Waals surface area (Å²) in [5.74, 6) is 1.07. The van der Waals surface area contributed by atoms with Gasteiger partial charge in [0.2, 0.25) is 5.91 Å². The molecule has 0 saturated heterocycles. The Morgan fingerprint density at radius 3 is 2.50 bits per heavy atom. The summed E-state index contributed by atoms with van der Waals surface area (Å²) >= 11 is 6.07. The van der Waals surface area contributed by atoms with Crippen LogP contribution in [0.5, 0.6) is 11.5 Å². The van der Waals surface area contributed by atoms with E-state index in [-0.39, 0.29) is 24.1 Å². The average molecular weight is 453 g/mol. The zero-order valence-electron chi connectivity index (χ0n) is 17.1. The highest BCUT2D eigenvalue weighted by Gasteiger charge is 2.26. The molecule has 1 atom stereocenters. The molecule has 1 aliphatic rings. The highest BCUT2D eigenvalue weighted by atomic mass is 35.5. The van der Waals surface area contributed by atoms with Crippen molar-refractivity contribution in [2.75, 3.05) is 13.2 Å². The molecule has 0 spiro atoms. The topological polar surface area (TPSA) is 81.9 Å². The number of carbonyl (C=O) groups is 1. The van der Waals surface area contributed by atoms with Gasteiger partial charge in [-0.3, -0.25) is 14.9 Å². The number of ether oxygens (including phenoxy) is 2. The third kappa shape index (κ3) is 5.36. The molecule has 3 aromatic rings. The van der Waals surface area contributed by atoms with Crippen molar-refractivity contribution in [2.45, 2.75) is 19.1 Å². The highest BCUT2D eigenvalue weighted by Crippen LogP contribution is 2.34. The van der Waals surface area contributed by atoms with E-state index in [1.54, 1.807) is 35.2 Å². The number of non-ortho nitro benzene ring substituents is 1. The second-order valence-corrected chi connectivity index (χ2v) is 7.94. The maximum atomic E-state index is 13.2. The molecule has 7 nitrogen and oxygen atoms in total. The lowest BCUT2D eigenvalue weighted by Gasteiger charge is -2.31. The van der Waals surface area contributed by atoms with Crippen LogP contribution < -0.4 is 9.47 Å². The first-order valence-corrected chi connectivity index (χ1v) is 10.5. The van der Waals surface area contributed by atoms with Gasteiger partial charge < -0.3 is 14.4 Å². The first-order valence-electron chi connectivity index (χ1n) is 10.1. The standard InChI is InChI=1S/C24H21ClN2O5/c25-19-8-11-22-23(13-19)32-21(16-31-22)15-26(14-18-4-2-1-3-5-18)24(28)12-17-6-9-20(10-7-17)27(29)30/h1-11,13,21H,12,14-16H2. The number of carbonyl (C=O) groups excluding carboxylic acids is 1. The van der Waals surface area contributed by atoms with Gasteiger partial charge in [-0.05, 0) is 23.3 Å². The van der Waals surface area contributed by atoms with Crippen LogP contribution in [-0.2, 0) is 17.8 Å². The predicted octanol–water partition coefficient (Wildman–Crippen LogP) is 4.66. The summed E-state index contributed by atoms with van der Waals surface area (Å²) in [5.41, 5.74) is 1.69. The Hall–Kier alpha value is -3.58. The minimum absolute atomic E-state index is 0.00702. The molecule has 0 radical (unpaired) electrons. The Balaban J connectivity index is 1.49. The molecule has 32 heavy (non-hydrogen) atoms. The molecule has 0 bridgehead atoms. The van der Waals surface area contributed by atoms with Crippen LogP contribution in [0.3, 0.4) is 0 Å². The Morgan fingerprint density at radius 2 is 1.78 bits per heavy atom. The smallest absolute Gasteiger partial charge is 0.269 e. The van der Waals surface area contributed by atoms with Crippen LogP contribution in [0.1, 0.15) is 11.1 Å². The first-order chi connectivity index (χ1) is 15.5. The quantitative estimate of drug-likeness (QED) is 0.384. The van der Waals surface area contributed by atoms with Gasteiger partial charge in [-0.2, -0.15) is 0 Å². The SMILES string of the molecule is O=C(Cc1ccc([N+](=O)[O-])cc1)N(Cc1ccccc1)CC1COc2ccc(Cl)cc2O1. The lowest BCUT2D eigenvalue weighted by Crippen LogP contribution is -2.43. The number of hydrogen-bond donors (Lipinski definition) is 0. The van der Waals surface area contributed by atoms with Crippen molar-refractivity contribution in [3.8, 4) is 11.5 Å². The van der Waals surface area contributed by atoms with E-state index in [1.807, 2.05) is 30.3 Å². The Kier molecular flexibility index (Phi) is 6.56. The molecule has 0 N–H and O–H groups in total. The van der Waals surface area contributed by atoms with Crippen molar-refractivity contribution in [2.24, 2.45) is 0 Å². The molecule has 1 amide bonds. The number of fused-ring (bicyclic) bond motifs is 1. The van der Waals surface area contributed by atoms with Crippen molar-refractivity contribution in [1.82, 2.24) is 4.90 Å². The summed E-state index contributed by atoms with van der Waals surface area (Å²) < 4.78 is 11.8. The fourth-order valence-electron chi connectivity index (χ4n) is 3.51. The summed E-state index contributed by atoms with van der Waals surface area (Å²) in [6, 6.07) is 20.9. The molecule has 4 rings (SSSR count). The minimum atomic E-state index is -0.460. The third-order valence-electron chi connectivity index (χ3n) is 5.12. The van der Waals surface area contributed by atoms with Gasteiger partial charge in [0.05, 0.1) is 17.9 Å². The number of benzene rings is 3. The predicted molar refractivity (Wildman–Crippen MR) is 120 cm³/mol. The van der Waals surface area contributed by atoms with E-state index in [2.05, 4.69) is 0 Å². The van der Waals surface area contributed by atoms with E-state index >= 15 is 0 Å². The molecule has 1 unspecified atom stereocenters. The highest BCUT2D eigenvalue weighted by molar-refractivity contribution is 6.30. The molecule has 0 aromatic heterocycles. The fraction of sp³-hybridized carbons (Fsp3) is 0.208. The second-order valence-electron chi connectivity index (χ2n) is 7.50. The number of nitro benzene ring substituents is 1. The van der Waals surface area contributed by atoms with Crippen LogP contribution in [0, 0.1) is 10.1 Å². The van der Waals surface area contributed by atoms with E-state index in [9.17, 15) is 14.9 Å². The van der Waals surface area contributed by atoms with Gasteiger partial charge in [0, 0.05) is 29.8 Å². The summed E-state index contributed by atoms with van der Waals surface area (Å²) in [6.45, 7) is 1.05. The van der Waals surface area contributed by atoms with Crippen molar-refractivity contribution in [3.63, 3.8) is 0 Å². The van der Waals surface area contributed by atoms with Gasteiger partial charge >= 0.3 is 0 Å². The van der Waals surface area contributed by atoms with Crippen LogP contribution in [0.4, 0.5) is 5.69 Å². The Morgan fingerprint density at radius 1 is 1.03 bits per heavy atom. The van der Waals surface area contributed by atoms with Crippen molar-refractivity contribution in [1.29, 1.82) is 0 Å². The second kappa shape index (κ2) is 9.70. The lowest BCUT2D eigenvalue weighted by atomic mass is 10.1. The van der Waals surface area contributed by atoms with E-state index in [0.29, 0.717) is 41.8 Å². The Labute approximate surface area is 190 Å². The summed E-state index contributed by atoms with van der Waals surface area (Å²) in [4.78, 5) is 25.3. The number of nitrogens with zero attached hydrogens (tertiary/aromatic N) is 2. The van der Waals surface area contributed by atoms with Crippen LogP contribution in [0.15, 0.2) is 72.8 Å². The molecule has 1 aliphatic heterocycles. The maximum Gasteiger partial charge on any atom is 0.269 e. The number of amides is 1. The number of nitro groups is 1. The van der Waals surface area contributed by atoms with E-state index in [0.717, 1.165) is 5.56 Å². The zero-order valence-corrected chi connectivity index (χ0v) is 17.9. The molecule has 3 aromatic carbocycles. The summed E-state index contributed by atoms with van der Waals surface area (Å²) in [6.07, 6.45) is -0.230. The first kappa shape index (κ1) is 21.6. The normalized spacial score (nSPS) is 14.6. The molecule has 8 heteroatoms. The van der Waals surface area contributed by atoms with Gasteiger partial charge in [-0.15, -0.1) is 0 Å². The van der Waals surface area contributed by atoms with Gasteiger partial charge in [0.25, 0.3) is 5.69 Å². The molecular formula is C24H21ClN2O5. The van der Waals surface area contributed by atoms with Gasteiger partial charge in [-0.25, -0.2) is 0 Å². The molecular weight excluding hydrogens is 432 g/mol. The number of hydrogen-bond acceptors (Lipinski definition) is 5. The van der Waals surface area contributed by atoms with Gasteiger partial charge in [0.1, 0.15) is 6.61 Å². The molecule has 0 aliphatic carbocycles. The van der Waals surface area contributed by atoms with Crippen LogP contribution in [0.25, 0.3) is 0 Å². The van der Waals surface area contributed by atoms with Crippen molar-refractivity contribution < 1.29 is 19.2 Å². The summed E-state index contributed by atoms with van der Waals surface area (Å²) in [7, 11) is 0. The molecule has 0 fully saturated rings. The van der Waals surface area contributed by atoms with Gasteiger partial charge in [-0.1, -0.05) is 54.1 Å². The van der Waals surface area contributed by atoms with Crippen LogP contribution in [0.2, 0.25) is 5.02 Å². The largest absolute Gasteiger partial charge is 0.486 e. The van der Waals surface area contributed by atoms with Crippen molar-refractivity contribution >= 4 is 23.2 Å². The lowest BCUT2D eigenvalue weighted by molar-refractivity contribution is -0.384. The van der Waals surface area contributed by atoms with E-state index in [4.69, 9.17) is 21.1 Å². The van der Waals surface area contributed by atoms with Crippen molar-refractivity contribution in [3.05, 3.63) is 99.1 Å². The number of rotatable bonds is 7. The van der Waals surface area contributed by atoms with Crippen LogP contribution in [-0.4, -0.2) is 35.0 Å². The minimum Gasteiger partial charge on any atom is -0.486 e. The monoisotopic (exact) mass is 452 g/mol. The Bertz CT molecular complexity index is 1110. The van der Waals surface area contributed by atoms with E-state index in [1.165, 1.54) is 12.1 Å². The maximum absolute atomic E-state index is 13.2. The fourth-order valence-corrected chi connectivity index (χ4v) is 3.67.